The Labute approximate surface area is 108 Å². The van der Waals surface area contributed by atoms with Crippen molar-refractivity contribution in [2.45, 2.75) is 44.2 Å². The Bertz CT molecular complexity index is 515. The van der Waals surface area contributed by atoms with Crippen LogP contribution in [0.15, 0.2) is 11.1 Å². The highest BCUT2D eigenvalue weighted by Crippen LogP contribution is 2.22. The lowest BCUT2D eigenvalue weighted by Crippen LogP contribution is -2.42. The van der Waals surface area contributed by atoms with Crippen LogP contribution >= 0.6 is 0 Å². The molecule has 0 saturated carbocycles. The van der Waals surface area contributed by atoms with E-state index < -0.39 is 10.0 Å². The van der Waals surface area contributed by atoms with Gasteiger partial charge in [-0.25, -0.2) is 8.42 Å². The molecule has 0 aromatic carbocycles. The van der Waals surface area contributed by atoms with Crippen LogP contribution in [-0.4, -0.2) is 41.6 Å². The third kappa shape index (κ3) is 2.43. The smallest absolute Gasteiger partial charge is 0.246 e. The molecule has 1 saturated heterocycles. The number of hydrogen-bond donors (Lipinski definition) is 1. The minimum Gasteiger partial charge on any atom is -0.328 e. The lowest BCUT2D eigenvalue weighted by Gasteiger charge is -2.29. The molecule has 7 heteroatoms. The van der Waals surface area contributed by atoms with Gasteiger partial charge in [-0.15, -0.1) is 0 Å². The molecule has 0 amide bonds. The molecule has 0 aliphatic carbocycles. The van der Waals surface area contributed by atoms with Crippen LogP contribution in [-0.2, 0) is 16.6 Å². The predicted octanol–water partition coefficient (Wildman–Crippen LogP) is 0.323. The van der Waals surface area contributed by atoms with Crippen molar-refractivity contribution in [2.24, 2.45) is 5.73 Å². The minimum absolute atomic E-state index is 0.121. The largest absolute Gasteiger partial charge is 0.328 e. The average molecular weight is 272 g/mol. The van der Waals surface area contributed by atoms with E-state index in [-0.39, 0.29) is 6.04 Å². The van der Waals surface area contributed by atoms with Gasteiger partial charge in [-0.3, -0.25) is 4.68 Å². The zero-order valence-electron chi connectivity index (χ0n) is 10.8. The van der Waals surface area contributed by atoms with Crippen LogP contribution in [0.5, 0.6) is 0 Å². The van der Waals surface area contributed by atoms with Gasteiger partial charge >= 0.3 is 0 Å². The second-order valence-electron chi connectivity index (χ2n) is 4.68. The highest BCUT2D eigenvalue weighted by molar-refractivity contribution is 7.89. The molecular formula is C11H20N4O2S. The van der Waals surface area contributed by atoms with Gasteiger partial charge in [-0.1, -0.05) is 0 Å². The van der Waals surface area contributed by atoms with E-state index in [1.54, 1.807) is 17.8 Å². The molecule has 2 rings (SSSR count). The van der Waals surface area contributed by atoms with E-state index in [1.165, 1.54) is 4.31 Å². The van der Waals surface area contributed by atoms with Crippen LogP contribution in [0.1, 0.15) is 25.5 Å². The standard InChI is InChI=1S/C11H20N4O2S/c1-3-14-8-11(9(2)13-14)18(16,17)15-6-4-10(12)5-7-15/h8,10H,3-7,12H2,1-2H3. The molecule has 0 spiro atoms. The van der Waals surface area contributed by atoms with Crippen molar-refractivity contribution in [1.29, 1.82) is 0 Å². The number of nitrogens with zero attached hydrogens (tertiary/aromatic N) is 3. The fourth-order valence-corrected chi connectivity index (χ4v) is 3.81. The van der Waals surface area contributed by atoms with Gasteiger partial charge in [0.25, 0.3) is 0 Å². The van der Waals surface area contributed by atoms with Crippen molar-refractivity contribution in [3.63, 3.8) is 0 Å². The number of sulfonamides is 1. The number of aromatic nitrogens is 2. The number of piperidine rings is 1. The summed E-state index contributed by atoms with van der Waals surface area (Å²) in [5, 5.41) is 4.19. The van der Waals surface area contributed by atoms with Gasteiger partial charge in [-0.05, 0) is 26.7 Å². The summed E-state index contributed by atoms with van der Waals surface area (Å²) in [6.07, 6.45) is 3.06. The van der Waals surface area contributed by atoms with Gasteiger partial charge in [0.15, 0.2) is 0 Å². The molecule has 1 fully saturated rings. The van der Waals surface area contributed by atoms with Gasteiger partial charge in [0.1, 0.15) is 4.90 Å². The first-order valence-corrected chi connectivity index (χ1v) is 7.69. The summed E-state index contributed by atoms with van der Waals surface area (Å²) in [7, 11) is -3.41. The molecule has 2 N–H and O–H groups in total. The van der Waals surface area contributed by atoms with Gasteiger partial charge < -0.3 is 5.73 Å². The van der Waals surface area contributed by atoms with Crippen molar-refractivity contribution >= 4 is 10.0 Å². The fourth-order valence-electron chi connectivity index (χ4n) is 2.17. The lowest BCUT2D eigenvalue weighted by molar-refractivity contribution is 0.320. The normalized spacial score (nSPS) is 19.3. The molecule has 6 nitrogen and oxygen atoms in total. The quantitative estimate of drug-likeness (QED) is 0.859. The van der Waals surface area contributed by atoms with Gasteiger partial charge in [0, 0.05) is 31.9 Å². The average Bonchev–Trinajstić information content (AvgIpc) is 2.72. The Balaban J connectivity index is 2.27. The molecule has 0 atom stereocenters. The third-order valence-corrected chi connectivity index (χ3v) is 5.34. The maximum Gasteiger partial charge on any atom is 0.246 e. The Hall–Kier alpha value is -0.920. The fraction of sp³-hybridized carbons (Fsp3) is 0.727. The second kappa shape index (κ2) is 4.99. The lowest BCUT2D eigenvalue weighted by atomic mass is 10.1. The Morgan fingerprint density at radius 1 is 1.44 bits per heavy atom. The zero-order valence-corrected chi connectivity index (χ0v) is 11.7. The number of aryl methyl sites for hydroxylation is 2. The number of nitrogens with two attached hydrogens (primary N) is 1. The topological polar surface area (TPSA) is 81.2 Å². The maximum absolute atomic E-state index is 12.5. The molecule has 0 radical (unpaired) electrons. The van der Waals surface area contributed by atoms with E-state index in [0.29, 0.717) is 30.2 Å². The molecule has 1 aliphatic rings. The highest BCUT2D eigenvalue weighted by Gasteiger charge is 2.30. The van der Waals surface area contributed by atoms with Crippen molar-refractivity contribution in [3.8, 4) is 0 Å². The summed E-state index contributed by atoms with van der Waals surface area (Å²) in [6.45, 7) is 5.33. The summed E-state index contributed by atoms with van der Waals surface area (Å²) in [6, 6.07) is 0.121. The van der Waals surface area contributed by atoms with Gasteiger partial charge in [-0.2, -0.15) is 9.40 Å². The number of rotatable bonds is 3. The first kappa shape index (κ1) is 13.5. The SMILES string of the molecule is CCn1cc(S(=O)(=O)N2CCC(N)CC2)c(C)n1. The van der Waals surface area contributed by atoms with Crippen LogP contribution in [0, 0.1) is 6.92 Å². The van der Waals surface area contributed by atoms with E-state index in [4.69, 9.17) is 5.73 Å². The summed E-state index contributed by atoms with van der Waals surface area (Å²) >= 11 is 0. The van der Waals surface area contributed by atoms with E-state index >= 15 is 0 Å². The Morgan fingerprint density at radius 3 is 2.56 bits per heavy atom. The molecule has 1 aliphatic heterocycles. The highest BCUT2D eigenvalue weighted by atomic mass is 32.2. The molecule has 2 heterocycles. The molecular weight excluding hydrogens is 252 g/mol. The molecule has 18 heavy (non-hydrogen) atoms. The second-order valence-corrected chi connectivity index (χ2v) is 6.58. The van der Waals surface area contributed by atoms with Crippen LogP contribution in [0.2, 0.25) is 0 Å². The zero-order chi connectivity index (χ0) is 13.3. The van der Waals surface area contributed by atoms with Crippen molar-refractivity contribution in [1.82, 2.24) is 14.1 Å². The van der Waals surface area contributed by atoms with E-state index in [1.807, 2.05) is 6.92 Å². The van der Waals surface area contributed by atoms with Crippen LogP contribution in [0.3, 0.4) is 0 Å². The molecule has 102 valence electrons. The first-order chi connectivity index (χ1) is 8.45. The van der Waals surface area contributed by atoms with E-state index in [9.17, 15) is 8.42 Å². The summed E-state index contributed by atoms with van der Waals surface area (Å²) in [5.74, 6) is 0. The van der Waals surface area contributed by atoms with E-state index in [0.717, 1.165) is 12.8 Å². The molecule has 0 bridgehead atoms. The van der Waals surface area contributed by atoms with E-state index in [2.05, 4.69) is 5.10 Å². The van der Waals surface area contributed by atoms with Crippen LogP contribution < -0.4 is 5.73 Å². The van der Waals surface area contributed by atoms with Crippen LogP contribution in [0.4, 0.5) is 0 Å². The third-order valence-electron chi connectivity index (χ3n) is 3.34. The van der Waals surface area contributed by atoms with Crippen LogP contribution in [0.25, 0.3) is 0 Å². The maximum atomic E-state index is 12.5. The first-order valence-electron chi connectivity index (χ1n) is 6.25. The summed E-state index contributed by atoms with van der Waals surface area (Å²) in [5.41, 5.74) is 6.36. The van der Waals surface area contributed by atoms with Gasteiger partial charge in [0.05, 0.1) is 5.69 Å². The predicted molar refractivity (Wildman–Crippen MR) is 68.6 cm³/mol. The van der Waals surface area contributed by atoms with Gasteiger partial charge in [0.2, 0.25) is 10.0 Å². The van der Waals surface area contributed by atoms with Crippen molar-refractivity contribution in [2.75, 3.05) is 13.1 Å². The van der Waals surface area contributed by atoms with Crippen molar-refractivity contribution in [3.05, 3.63) is 11.9 Å². The molecule has 1 aromatic heterocycles. The molecule has 0 unspecified atom stereocenters. The number of hydrogen-bond acceptors (Lipinski definition) is 4. The Morgan fingerprint density at radius 2 is 2.06 bits per heavy atom. The minimum atomic E-state index is -3.41. The summed E-state index contributed by atoms with van der Waals surface area (Å²) < 4.78 is 28.1. The van der Waals surface area contributed by atoms with Crippen molar-refractivity contribution < 1.29 is 8.42 Å². The summed E-state index contributed by atoms with van der Waals surface area (Å²) in [4.78, 5) is 0.319. The monoisotopic (exact) mass is 272 g/mol. The Kier molecular flexibility index (Phi) is 3.74. The molecule has 1 aromatic rings.